The number of phenolic OH excluding ortho intramolecular Hbond substituents is 1. The number of carboxylic acid groups (broad SMARTS) is 1. The number of hydrogen-bond donors (Lipinski definition) is 2. The lowest BCUT2D eigenvalue weighted by Crippen LogP contribution is -2.33. The fraction of sp³-hybridized carbons (Fsp3) is 0.385. The molecule has 174 valence electrons. The summed E-state index contributed by atoms with van der Waals surface area (Å²) in [6.45, 7) is 7.99. The second-order valence-electron chi connectivity index (χ2n) is 9.47. The van der Waals surface area contributed by atoms with Gasteiger partial charge in [0.05, 0.1) is 23.3 Å². The van der Waals surface area contributed by atoms with Crippen LogP contribution < -0.4 is 10.3 Å². The largest absolute Gasteiger partial charge is 0.508 e. The Labute approximate surface area is 192 Å². The van der Waals surface area contributed by atoms with Gasteiger partial charge in [0.25, 0.3) is 5.56 Å². The molecule has 0 bridgehead atoms. The Morgan fingerprint density at radius 2 is 1.91 bits per heavy atom. The maximum atomic E-state index is 13.3. The lowest BCUT2D eigenvalue weighted by molar-refractivity contribution is -0.161. The lowest BCUT2D eigenvalue weighted by Gasteiger charge is -2.29. The third-order valence-corrected chi connectivity index (χ3v) is 6.02. The number of aliphatic carboxylic acids is 1. The first-order chi connectivity index (χ1) is 15.5. The lowest BCUT2D eigenvalue weighted by atomic mass is 9.88. The Morgan fingerprint density at radius 3 is 2.58 bits per heavy atom. The summed E-state index contributed by atoms with van der Waals surface area (Å²) < 4.78 is 13.1. The van der Waals surface area contributed by atoms with Gasteiger partial charge in [-0.1, -0.05) is 6.07 Å². The minimum atomic E-state index is -1.37. The van der Waals surface area contributed by atoms with Crippen molar-refractivity contribution >= 4 is 16.7 Å². The second-order valence-corrected chi connectivity index (χ2v) is 9.47. The maximum absolute atomic E-state index is 13.3. The Morgan fingerprint density at radius 1 is 1.18 bits per heavy atom. The molecule has 33 heavy (non-hydrogen) atoms. The van der Waals surface area contributed by atoms with Crippen LogP contribution in [-0.4, -0.2) is 33.0 Å². The Balaban J connectivity index is 2.14. The number of benzene rings is 2. The van der Waals surface area contributed by atoms with E-state index in [1.54, 1.807) is 33.9 Å². The molecule has 1 atom stereocenters. The summed E-state index contributed by atoms with van der Waals surface area (Å²) in [4.78, 5) is 25.7. The number of aromatic hydroxyl groups is 1. The van der Waals surface area contributed by atoms with Crippen LogP contribution >= 0.6 is 0 Å². The molecule has 0 amide bonds. The predicted octanol–water partition coefficient (Wildman–Crippen LogP) is 4.49. The van der Waals surface area contributed by atoms with Crippen LogP contribution in [0.1, 0.15) is 50.1 Å². The summed E-state index contributed by atoms with van der Waals surface area (Å²) >= 11 is 0. The molecule has 0 saturated heterocycles. The highest BCUT2D eigenvalue weighted by molar-refractivity contribution is 6.00. The molecule has 0 fully saturated rings. The number of fused-ring (bicyclic) bond motifs is 2. The van der Waals surface area contributed by atoms with Crippen molar-refractivity contribution in [1.29, 1.82) is 0 Å². The first kappa shape index (κ1) is 22.9. The standard InChI is InChI=1S/C26H29NO6/c1-14-16-7-6-12-32-20(16)11-10-17(14)21-18-9-8-15(28)13-19(18)24(29)27(5)22(21)23(25(30)31)33-26(2,3)4/h8-11,13,23,28H,6-7,12H2,1-5H3,(H,30,31). The molecule has 0 spiro atoms. The number of carbonyl (C=O) groups is 1. The van der Waals surface area contributed by atoms with E-state index in [1.165, 1.54) is 16.7 Å². The number of hydrogen-bond acceptors (Lipinski definition) is 5. The van der Waals surface area contributed by atoms with Crippen LogP contribution in [0.4, 0.5) is 0 Å². The summed E-state index contributed by atoms with van der Waals surface area (Å²) in [6, 6.07) is 8.40. The Bertz CT molecular complexity index is 1320. The third-order valence-electron chi connectivity index (χ3n) is 6.02. The summed E-state index contributed by atoms with van der Waals surface area (Å²) in [7, 11) is 1.55. The van der Waals surface area contributed by atoms with Gasteiger partial charge in [0.2, 0.25) is 0 Å². The molecule has 7 nitrogen and oxygen atoms in total. The zero-order valence-electron chi connectivity index (χ0n) is 19.6. The van der Waals surface area contributed by atoms with Crippen molar-refractivity contribution in [1.82, 2.24) is 4.57 Å². The molecule has 2 N–H and O–H groups in total. The van der Waals surface area contributed by atoms with Gasteiger partial charge >= 0.3 is 5.97 Å². The van der Waals surface area contributed by atoms with E-state index in [0.717, 1.165) is 35.3 Å². The first-order valence-corrected chi connectivity index (χ1v) is 11.0. The number of ether oxygens (including phenoxy) is 2. The number of phenols is 1. The Kier molecular flexibility index (Phi) is 5.70. The van der Waals surface area contributed by atoms with E-state index in [4.69, 9.17) is 9.47 Å². The minimum Gasteiger partial charge on any atom is -0.508 e. The average Bonchev–Trinajstić information content (AvgIpc) is 2.75. The molecule has 0 aliphatic carbocycles. The molecule has 4 rings (SSSR count). The topological polar surface area (TPSA) is 98.0 Å². The van der Waals surface area contributed by atoms with Gasteiger partial charge in [-0.2, -0.15) is 0 Å². The first-order valence-electron chi connectivity index (χ1n) is 11.0. The number of carboxylic acids is 1. The van der Waals surface area contributed by atoms with Crippen molar-refractivity contribution in [3.8, 4) is 22.6 Å². The summed E-state index contributed by atoms with van der Waals surface area (Å²) in [5.41, 5.74) is 2.57. The van der Waals surface area contributed by atoms with Crippen LogP contribution in [0.2, 0.25) is 0 Å². The molecule has 0 saturated carbocycles. The van der Waals surface area contributed by atoms with Crippen LogP contribution in [0.5, 0.6) is 11.5 Å². The van der Waals surface area contributed by atoms with Crippen LogP contribution in [0.3, 0.4) is 0 Å². The fourth-order valence-corrected chi connectivity index (χ4v) is 4.57. The van der Waals surface area contributed by atoms with Crippen LogP contribution in [0.25, 0.3) is 21.9 Å². The highest BCUT2D eigenvalue weighted by atomic mass is 16.5. The molecule has 1 aliphatic rings. The van der Waals surface area contributed by atoms with Gasteiger partial charge in [0, 0.05) is 12.6 Å². The summed E-state index contributed by atoms with van der Waals surface area (Å²) in [5.74, 6) is -0.385. The van der Waals surface area contributed by atoms with E-state index < -0.39 is 23.2 Å². The third kappa shape index (κ3) is 4.09. The van der Waals surface area contributed by atoms with Crippen molar-refractivity contribution in [2.45, 2.75) is 52.2 Å². The van der Waals surface area contributed by atoms with Crippen molar-refractivity contribution in [3.63, 3.8) is 0 Å². The number of pyridine rings is 1. The van der Waals surface area contributed by atoms with Crippen LogP contribution in [0.15, 0.2) is 35.1 Å². The van der Waals surface area contributed by atoms with Gasteiger partial charge < -0.3 is 24.3 Å². The SMILES string of the molecule is Cc1c(-c2c(C(OC(C)(C)C)C(=O)O)n(C)c(=O)c3cc(O)ccc23)ccc2c1CCCO2. The van der Waals surface area contributed by atoms with E-state index >= 15 is 0 Å². The average molecular weight is 452 g/mol. The number of rotatable bonds is 4. The van der Waals surface area contributed by atoms with Gasteiger partial charge in [-0.15, -0.1) is 0 Å². The van der Waals surface area contributed by atoms with Crippen LogP contribution in [-0.2, 0) is 23.0 Å². The molecule has 0 radical (unpaired) electrons. The molecule has 2 heterocycles. The van der Waals surface area contributed by atoms with Gasteiger partial charge in [0.1, 0.15) is 11.5 Å². The molecule has 1 aromatic heterocycles. The molecule has 2 aromatic carbocycles. The molecular formula is C26H29NO6. The van der Waals surface area contributed by atoms with E-state index in [-0.39, 0.29) is 11.4 Å². The molecule has 7 heteroatoms. The number of nitrogens with zero attached hydrogens (tertiary/aromatic N) is 1. The van der Waals surface area contributed by atoms with E-state index in [1.807, 2.05) is 19.1 Å². The number of aromatic nitrogens is 1. The summed E-state index contributed by atoms with van der Waals surface area (Å²) in [6.07, 6.45) is 0.384. The van der Waals surface area contributed by atoms with E-state index in [2.05, 4.69) is 0 Å². The minimum absolute atomic E-state index is 0.0328. The summed E-state index contributed by atoms with van der Waals surface area (Å²) in [5, 5.41) is 21.1. The Hall–Kier alpha value is -3.32. The van der Waals surface area contributed by atoms with E-state index in [9.17, 15) is 19.8 Å². The van der Waals surface area contributed by atoms with Crippen LogP contribution in [0, 0.1) is 6.92 Å². The highest BCUT2D eigenvalue weighted by Crippen LogP contribution is 2.42. The van der Waals surface area contributed by atoms with Gasteiger partial charge in [0.15, 0.2) is 6.10 Å². The molecular weight excluding hydrogens is 422 g/mol. The van der Waals surface area contributed by atoms with Crippen molar-refractivity contribution in [3.05, 3.63) is 57.5 Å². The van der Waals surface area contributed by atoms with Crippen molar-refractivity contribution in [2.24, 2.45) is 7.05 Å². The van der Waals surface area contributed by atoms with Gasteiger partial charge in [-0.3, -0.25) is 4.79 Å². The quantitative estimate of drug-likeness (QED) is 0.607. The normalized spacial score (nSPS) is 14.6. The predicted molar refractivity (Wildman–Crippen MR) is 126 cm³/mol. The monoisotopic (exact) mass is 451 g/mol. The molecule has 1 aliphatic heterocycles. The molecule has 1 unspecified atom stereocenters. The fourth-order valence-electron chi connectivity index (χ4n) is 4.57. The maximum Gasteiger partial charge on any atom is 0.339 e. The zero-order chi connectivity index (χ0) is 24.1. The van der Waals surface area contributed by atoms with Crippen molar-refractivity contribution < 1.29 is 24.5 Å². The highest BCUT2D eigenvalue weighted by Gasteiger charge is 2.33. The zero-order valence-corrected chi connectivity index (χ0v) is 19.6. The smallest absolute Gasteiger partial charge is 0.339 e. The van der Waals surface area contributed by atoms with Gasteiger partial charge in [-0.25, -0.2) is 4.79 Å². The van der Waals surface area contributed by atoms with E-state index in [0.29, 0.717) is 22.9 Å². The van der Waals surface area contributed by atoms with Crippen molar-refractivity contribution in [2.75, 3.05) is 6.61 Å². The van der Waals surface area contributed by atoms with Gasteiger partial charge in [-0.05, 0) is 86.9 Å². The second kappa shape index (κ2) is 8.23. The molecule has 3 aromatic rings.